The van der Waals surface area contributed by atoms with Crippen molar-refractivity contribution in [2.45, 2.75) is 13.8 Å². The zero-order valence-corrected chi connectivity index (χ0v) is 16.6. The molecule has 150 valence electrons. The van der Waals surface area contributed by atoms with Crippen molar-refractivity contribution in [1.82, 2.24) is 10.6 Å². The van der Waals surface area contributed by atoms with Gasteiger partial charge in [-0.2, -0.15) is 0 Å². The number of hydrogen-bond donors (Lipinski definition) is 2. The van der Waals surface area contributed by atoms with Crippen LogP contribution in [0.25, 0.3) is 0 Å². The van der Waals surface area contributed by atoms with Crippen LogP contribution >= 0.6 is 0 Å². The largest absolute Gasteiger partial charge is 0.493 e. The average molecular weight is 386 g/mol. The second kappa shape index (κ2) is 10.2. The van der Waals surface area contributed by atoms with Crippen molar-refractivity contribution < 1.29 is 23.8 Å². The predicted octanol–water partition coefficient (Wildman–Crippen LogP) is 2.25. The molecule has 0 heterocycles. The van der Waals surface area contributed by atoms with Crippen LogP contribution in [-0.2, 0) is 4.79 Å². The minimum atomic E-state index is -0.262. The number of nitrogens with one attached hydrogen (secondary N) is 2. The molecular weight excluding hydrogens is 360 g/mol. The molecule has 2 aromatic carbocycles. The Morgan fingerprint density at radius 1 is 0.893 bits per heavy atom. The van der Waals surface area contributed by atoms with Gasteiger partial charge in [-0.1, -0.05) is 12.1 Å². The van der Waals surface area contributed by atoms with Crippen LogP contribution in [0.3, 0.4) is 0 Å². The number of benzene rings is 2. The van der Waals surface area contributed by atoms with Crippen molar-refractivity contribution in [3.8, 4) is 17.2 Å². The highest BCUT2D eigenvalue weighted by molar-refractivity contribution is 5.94. The maximum absolute atomic E-state index is 12.2. The summed E-state index contributed by atoms with van der Waals surface area (Å²) in [6.45, 7) is 4.46. The zero-order chi connectivity index (χ0) is 20.5. The molecule has 0 spiro atoms. The lowest BCUT2D eigenvalue weighted by atomic mass is 10.1. The molecule has 7 heteroatoms. The third-order valence-corrected chi connectivity index (χ3v) is 4.29. The lowest BCUT2D eigenvalue weighted by Crippen LogP contribution is -2.36. The van der Waals surface area contributed by atoms with E-state index in [1.165, 1.54) is 14.2 Å². The summed E-state index contributed by atoms with van der Waals surface area (Å²) in [4.78, 5) is 24.1. The highest BCUT2D eigenvalue weighted by Gasteiger charge is 2.11. The molecule has 0 radical (unpaired) electrons. The SMILES string of the molecule is COc1ccc(C(=O)NCCNC(=O)COc2cccc(C)c2C)cc1OC. The smallest absolute Gasteiger partial charge is 0.258 e. The number of methoxy groups -OCH3 is 2. The first-order chi connectivity index (χ1) is 13.5. The van der Waals surface area contributed by atoms with Gasteiger partial charge >= 0.3 is 0 Å². The average Bonchev–Trinajstić information content (AvgIpc) is 2.71. The Balaban J connectivity index is 1.74. The van der Waals surface area contributed by atoms with E-state index in [0.717, 1.165) is 11.1 Å². The third kappa shape index (κ3) is 5.64. The summed E-state index contributed by atoms with van der Waals surface area (Å²) in [5.41, 5.74) is 2.57. The number of aryl methyl sites for hydroxylation is 1. The molecule has 2 amide bonds. The minimum Gasteiger partial charge on any atom is -0.493 e. The Labute approximate surface area is 165 Å². The standard InChI is InChI=1S/C21H26N2O5/c1-14-6-5-7-17(15(14)2)28-13-20(24)22-10-11-23-21(25)16-8-9-18(26-3)19(12-16)27-4/h5-9,12H,10-11,13H2,1-4H3,(H,22,24)(H,23,25). The van der Waals surface area contributed by atoms with E-state index in [9.17, 15) is 9.59 Å². The molecule has 0 fully saturated rings. The molecule has 28 heavy (non-hydrogen) atoms. The highest BCUT2D eigenvalue weighted by atomic mass is 16.5. The lowest BCUT2D eigenvalue weighted by Gasteiger charge is -2.12. The van der Waals surface area contributed by atoms with E-state index < -0.39 is 0 Å². The monoisotopic (exact) mass is 386 g/mol. The van der Waals surface area contributed by atoms with Gasteiger partial charge in [-0.3, -0.25) is 9.59 Å². The normalized spacial score (nSPS) is 10.1. The zero-order valence-electron chi connectivity index (χ0n) is 16.6. The molecule has 0 saturated heterocycles. The topological polar surface area (TPSA) is 85.9 Å². The summed E-state index contributed by atoms with van der Waals surface area (Å²) in [7, 11) is 3.04. The predicted molar refractivity (Wildman–Crippen MR) is 106 cm³/mol. The molecule has 0 bridgehead atoms. The van der Waals surface area contributed by atoms with E-state index in [2.05, 4.69) is 10.6 Å². The maximum atomic E-state index is 12.2. The van der Waals surface area contributed by atoms with Gasteiger partial charge in [0.05, 0.1) is 14.2 Å². The molecule has 0 atom stereocenters. The second-order valence-corrected chi connectivity index (χ2v) is 6.16. The number of amides is 2. The van der Waals surface area contributed by atoms with E-state index >= 15 is 0 Å². The van der Waals surface area contributed by atoms with Crippen molar-refractivity contribution in [1.29, 1.82) is 0 Å². The Kier molecular flexibility index (Phi) is 7.68. The Bertz CT molecular complexity index is 836. The minimum absolute atomic E-state index is 0.0755. The van der Waals surface area contributed by atoms with Gasteiger partial charge in [0.15, 0.2) is 18.1 Å². The van der Waals surface area contributed by atoms with Crippen molar-refractivity contribution in [2.24, 2.45) is 0 Å². The summed E-state index contributed by atoms with van der Waals surface area (Å²) in [6, 6.07) is 10.6. The van der Waals surface area contributed by atoms with Gasteiger partial charge in [-0.15, -0.1) is 0 Å². The summed E-state index contributed by atoms with van der Waals surface area (Å²) in [5, 5.41) is 5.45. The van der Waals surface area contributed by atoms with Crippen LogP contribution in [0.5, 0.6) is 17.2 Å². The number of ether oxygens (including phenoxy) is 3. The first kappa shape index (κ1) is 21.1. The second-order valence-electron chi connectivity index (χ2n) is 6.16. The Morgan fingerprint density at radius 3 is 2.32 bits per heavy atom. The molecule has 2 N–H and O–H groups in total. The molecular formula is C21H26N2O5. The van der Waals surface area contributed by atoms with Crippen molar-refractivity contribution >= 4 is 11.8 Å². The summed E-state index contributed by atoms with van der Waals surface area (Å²) >= 11 is 0. The van der Waals surface area contributed by atoms with Gasteiger partial charge in [0.2, 0.25) is 0 Å². The van der Waals surface area contributed by atoms with Crippen LogP contribution in [0, 0.1) is 13.8 Å². The molecule has 2 aromatic rings. The van der Waals surface area contributed by atoms with Crippen LogP contribution in [0.2, 0.25) is 0 Å². The number of carbonyl (C=O) groups excluding carboxylic acids is 2. The van der Waals surface area contributed by atoms with Crippen molar-refractivity contribution in [2.75, 3.05) is 33.9 Å². The number of hydrogen-bond acceptors (Lipinski definition) is 5. The molecule has 2 rings (SSSR count). The van der Waals surface area contributed by atoms with Crippen LogP contribution in [0.15, 0.2) is 36.4 Å². The van der Waals surface area contributed by atoms with Gasteiger partial charge in [0.1, 0.15) is 5.75 Å². The molecule has 0 saturated carbocycles. The Morgan fingerprint density at radius 2 is 1.61 bits per heavy atom. The van der Waals surface area contributed by atoms with E-state index in [0.29, 0.717) is 35.9 Å². The quantitative estimate of drug-likeness (QED) is 0.646. The summed E-state index contributed by atoms with van der Waals surface area (Å²) in [5.74, 6) is 1.21. The fourth-order valence-electron chi connectivity index (χ4n) is 2.53. The molecule has 7 nitrogen and oxygen atoms in total. The van der Waals surface area contributed by atoms with Gasteiger partial charge in [0, 0.05) is 18.7 Å². The summed E-state index contributed by atoms with van der Waals surface area (Å²) in [6.07, 6.45) is 0. The fourth-order valence-corrected chi connectivity index (χ4v) is 2.53. The van der Waals surface area contributed by atoms with Crippen LogP contribution in [-0.4, -0.2) is 45.7 Å². The van der Waals surface area contributed by atoms with Crippen molar-refractivity contribution in [3.05, 3.63) is 53.1 Å². The lowest BCUT2D eigenvalue weighted by molar-refractivity contribution is -0.123. The van der Waals surface area contributed by atoms with Gasteiger partial charge in [0.25, 0.3) is 11.8 Å². The maximum Gasteiger partial charge on any atom is 0.258 e. The third-order valence-electron chi connectivity index (χ3n) is 4.29. The molecule has 0 aromatic heterocycles. The van der Waals surface area contributed by atoms with Gasteiger partial charge in [-0.05, 0) is 49.2 Å². The van der Waals surface area contributed by atoms with Crippen molar-refractivity contribution in [3.63, 3.8) is 0 Å². The van der Waals surface area contributed by atoms with Gasteiger partial charge < -0.3 is 24.8 Å². The van der Waals surface area contributed by atoms with E-state index in [4.69, 9.17) is 14.2 Å². The van der Waals surface area contributed by atoms with Crippen LogP contribution in [0.1, 0.15) is 21.5 Å². The molecule has 0 aliphatic heterocycles. The Hall–Kier alpha value is -3.22. The number of rotatable bonds is 9. The summed E-state index contributed by atoms with van der Waals surface area (Å²) < 4.78 is 15.9. The fraction of sp³-hybridized carbons (Fsp3) is 0.333. The first-order valence-electron chi connectivity index (χ1n) is 8.92. The van der Waals surface area contributed by atoms with Gasteiger partial charge in [-0.25, -0.2) is 0 Å². The highest BCUT2D eigenvalue weighted by Crippen LogP contribution is 2.27. The van der Waals surface area contributed by atoms with Crippen LogP contribution < -0.4 is 24.8 Å². The molecule has 0 aliphatic rings. The molecule has 0 unspecified atom stereocenters. The van der Waals surface area contributed by atoms with E-state index in [1.807, 2.05) is 32.0 Å². The molecule has 0 aliphatic carbocycles. The van der Waals surface area contributed by atoms with E-state index in [-0.39, 0.29) is 18.4 Å². The van der Waals surface area contributed by atoms with E-state index in [1.54, 1.807) is 18.2 Å². The number of carbonyl (C=O) groups is 2. The van der Waals surface area contributed by atoms with Crippen LogP contribution in [0.4, 0.5) is 0 Å². The first-order valence-corrected chi connectivity index (χ1v) is 8.92.